The van der Waals surface area contributed by atoms with E-state index in [1.54, 1.807) is 54.1 Å². The second-order valence-corrected chi connectivity index (χ2v) is 9.49. The van der Waals surface area contributed by atoms with E-state index in [1.807, 2.05) is 30.3 Å². The Balaban J connectivity index is 1.50. The van der Waals surface area contributed by atoms with E-state index in [4.69, 9.17) is 4.74 Å². The maximum atomic E-state index is 14.1. The van der Waals surface area contributed by atoms with Gasteiger partial charge in [0.05, 0.1) is 18.2 Å². The summed E-state index contributed by atoms with van der Waals surface area (Å²) in [6.45, 7) is 1.81. The molecule has 0 bridgehead atoms. The molecule has 1 unspecified atom stereocenters. The summed E-state index contributed by atoms with van der Waals surface area (Å²) in [5.41, 5.74) is 3.39. The second kappa shape index (κ2) is 10.9. The Morgan fingerprint density at radius 3 is 2.47 bits per heavy atom. The van der Waals surface area contributed by atoms with Crippen molar-refractivity contribution < 1.29 is 18.7 Å². The fraction of sp³-hybridized carbons (Fsp3) is 0.143. The van der Waals surface area contributed by atoms with Crippen LogP contribution in [0.3, 0.4) is 0 Å². The number of anilines is 2. The molecule has 5 rings (SSSR count). The number of methoxy groups -OCH3 is 1. The number of fused-ring (bicyclic) bond motifs is 1. The highest BCUT2D eigenvalue weighted by atomic mass is 32.2. The molecule has 1 aliphatic heterocycles. The molecule has 8 nitrogen and oxygen atoms in total. The van der Waals surface area contributed by atoms with Crippen LogP contribution in [0.25, 0.3) is 0 Å². The molecule has 0 radical (unpaired) electrons. The molecule has 0 saturated heterocycles. The van der Waals surface area contributed by atoms with E-state index in [1.165, 1.54) is 24.9 Å². The topological polar surface area (TPSA) is 98.1 Å². The Labute approximate surface area is 222 Å². The van der Waals surface area contributed by atoms with Crippen molar-refractivity contribution in [3.63, 3.8) is 0 Å². The monoisotopic (exact) mass is 529 g/mol. The second-order valence-electron chi connectivity index (χ2n) is 8.54. The van der Waals surface area contributed by atoms with Crippen LogP contribution in [0.1, 0.15) is 34.5 Å². The van der Waals surface area contributed by atoms with Gasteiger partial charge < -0.3 is 15.4 Å². The normalized spacial score (nSPS) is 14.4. The zero-order chi connectivity index (χ0) is 26.6. The predicted molar refractivity (Wildman–Crippen MR) is 143 cm³/mol. The van der Waals surface area contributed by atoms with Gasteiger partial charge in [0.25, 0.3) is 5.91 Å². The van der Waals surface area contributed by atoms with E-state index in [0.29, 0.717) is 44.9 Å². The van der Waals surface area contributed by atoms with Crippen LogP contribution in [0.2, 0.25) is 0 Å². The number of nitrogens with one attached hydrogen (secondary N) is 2. The largest absolute Gasteiger partial charge is 0.465 e. The number of thioether (sulfide) groups is 1. The number of esters is 1. The van der Waals surface area contributed by atoms with Crippen LogP contribution in [-0.2, 0) is 15.3 Å². The van der Waals surface area contributed by atoms with Crippen LogP contribution in [0, 0.1) is 5.82 Å². The minimum atomic E-state index is -0.628. The Bertz CT molecular complexity index is 1520. The number of nitrogens with zero attached hydrogens (tertiary/aromatic N) is 3. The van der Waals surface area contributed by atoms with Crippen molar-refractivity contribution >= 4 is 35.3 Å². The predicted octanol–water partition coefficient (Wildman–Crippen LogP) is 5.42. The molecular formula is C28H24FN5O3S. The quantitative estimate of drug-likeness (QED) is 0.244. The van der Waals surface area contributed by atoms with Crippen LogP contribution < -0.4 is 10.6 Å². The Morgan fingerprint density at radius 1 is 1.05 bits per heavy atom. The Morgan fingerprint density at radius 2 is 1.76 bits per heavy atom. The molecule has 10 heteroatoms. The van der Waals surface area contributed by atoms with Crippen LogP contribution >= 0.6 is 11.8 Å². The minimum Gasteiger partial charge on any atom is -0.465 e. The number of halogens is 1. The lowest BCUT2D eigenvalue weighted by molar-refractivity contribution is -0.113. The summed E-state index contributed by atoms with van der Waals surface area (Å²) < 4.78 is 20.6. The van der Waals surface area contributed by atoms with Gasteiger partial charge in [-0.25, -0.2) is 13.9 Å². The first-order valence-electron chi connectivity index (χ1n) is 11.8. The number of carbonyl (C=O) groups excluding carboxylic acids is 2. The molecule has 0 aliphatic carbocycles. The van der Waals surface area contributed by atoms with Crippen molar-refractivity contribution in [1.82, 2.24) is 14.8 Å². The molecule has 0 saturated carbocycles. The van der Waals surface area contributed by atoms with Crippen molar-refractivity contribution in [3.05, 3.63) is 113 Å². The molecule has 1 atom stereocenters. The molecule has 1 amide bonds. The van der Waals surface area contributed by atoms with E-state index >= 15 is 0 Å². The van der Waals surface area contributed by atoms with Gasteiger partial charge in [-0.3, -0.25) is 4.79 Å². The molecule has 0 fully saturated rings. The highest BCUT2D eigenvalue weighted by molar-refractivity contribution is 7.98. The molecule has 2 N–H and O–H groups in total. The van der Waals surface area contributed by atoms with Crippen LogP contribution in [-0.4, -0.2) is 33.8 Å². The maximum absolute atomic E-state index is 14.1. The van der Waals surface area contributed by atoms with E-state index in [9.17, 15) is 14.0 Å². The van der Waals surface area contributed by atoms with Gasteiger partial charge in [-0.2, -0.15) is 4.98 Å². The lowest BCUT2D eigenvalue weighted by Crippen LogP contribution is -2.31. The van der Waals surface area contributed by atoms with E-state index in [-0.39, 0.29) is 11.7 Å². The molecule has 192 valence electrons. The number of hydrogen-bond acceptors (Lipinski definition) is 7. The van der Waals surface area contributed by atoms with Crippen molar-refractivity contribution in [3.8, 4) is 0 Å². The van der Waals surface area contributed by atoms with Crippen LogP contribution in [0.15, 0.2) is 95.3 Å². The molecule has 38 heavy (non-hydrogen) atoms. The highest BCUT2D eigenvalue weighted by Crippen LogP contribution is 2.37. The standard InChI is InChI=1S/C28H24FN5O3S/c1-17-23(25(35)31-21-9-4-3-5-10-21)24(18-12-14-19(15-13-18)26(36)37-2)34-27(30-17)32-28(33-34)38-16-20-8-6-7-11-22(20)29/h3-15,24H,16H2,1-2H3,(H,31,35)(H,30,32,33). The number of hydrogen-bond donors (Lipinski definition) is 2. The first kappa shape index (κ1) is 25.2. The summed E-state index contributed by atoms with van der Waals surface area (Å²) in [4.78, 5) is 30.1. The number of rotatable bonds is 7. The first-order valence-corrected chi connectivity index (χ1v) is 12.8. The third kappa shape index (κ3) is 5.16. The fourth-order valence-electron chi connectivity index (χ4n) is 4.19. The lowest BCUT2D eigenvalue weighted by atomic mass is 9.94. The lowest BCUT2D eigenvalue weighted by Gasteiger charge is -2.28. The fourth-order valence-corrected chi connectivity index (χ4v) is 5.01. The summed E-state index contributed by atoms with van der Waals surface area (Å²) in [5, 5.41) is 11.3. The van der Waals surface area contributed by atoms with Gasteiger partial charge >= 0.3 is 5.97 Å². The van der Waals surface area contributed by atoms with Gasteiger partial charge in [0.15, 0.2) is 0 Å². The van der Waals surface area contributed by atoms with E-state index in [0.717, 1.165) is 5.56 Å². The summed E-state index contributed by atoms with van der Waals surface area (Å²) in [5.74, 6) is -0.240. The van der Waals surface area contributed by atoms with Gasteiger partial charge in [-0.05, 0) is 48.4 Å². The smallest absolute Gasteiger partial charge is 0.337 e. The molecule has 4 aromatic rings. The number of allylic oxidation sites excluding steroid dienone is 1. The van der Waals surface area contributed by atoms with Gasteiger partial charge in [-0.1, -0.05) is 60.3 Å². The number of amides is 1. The molecule has 0 spiro atoms. The summed E-state index contributed by atoms with van der Waals surface area (Å²) in [6, 6.07) is 21.9. The van der Waals surface area contributed by atoms with Gasteiger partial charge in [0.2, 0.25) is 11.1 Å². The SMILES string of the molecule is COC(=O)c1ccc(C2C(C(=O)Nc3ccccc3)=C(C)Nc3nc(SCc4ccccc4F)nn32)cc1. The molecule has 1 aromatic heterocycles. The molecular weight excluding hydrogens is 505 g/mol. The van der Waals surface area contributed by atoms with Crippen molar-refractivity contribution in [1.29, 1.82) is 0 Å². The van der Waals surface area contributed by atoms with Crippen LogP contribution in [0.5, 0.6) is 0 Å². The van der Waals surface area contributed by atoms with Crippen molar-refractivity contribution in [2.24, 2.45) is 0 Å². The molecule has 1 aliphatic rings. The van der Waals surface area contributed by atoms with Gasteiger partial charge in [-0.15, -0.1) is 5.10 Å². The van der Waals surface area contributed by atoms with Crippen LogP contribution in [0.4, 0.5) is 16.0 Å². The zero-order valence-electron chi connectivity index (χ0n) is 20.6. The summed E-state index contributed by atoms with van der Waals surface area (Å²) >= 11 is 1.30. The average Bonchev–Trinajstić information content (AvgIpc) is 3.34. The summed E-state index contributed by atoms with van der Waals surface area (Å²) in [7, 11) is 1.32. The van der Waals surface area contributed by atoms with Gasteiger partial charge in [0, 0.05) is 17.1 Å². The Kier molecular flexibility index (Phi) is 7.23. The number of benzene rings is 3. The number of carbonyl (C=O) groups is 2. The van der Waals surface area contributed by atoms with Crippen molar-refractivity contribution in [2.45, 2.75) is 23.9 Å². The summed E-state index contributed by atoms with van der Waals surface area (Å²) in [6.07, 6.45) is 0. The van der Waals surface area contributed by atoms with Crippen molar-refractivity contribution in [2.75, 3.05) is 17.7 Å². The third-order valence-corrected chi connectivity index (χ3v) is 6.96. The van der Waals surface area contributed by atoms with E-state index in [2.05, 4.69) is 20.7 Å². The average molecular weight is 530 g/mol. The molecule has 2 heterocycles. The molecule has 3 aromatic carbocycles. The number of aromatic nitrogens is 3. The first-order chi connectivity index (χ1) is 18.4. The zero-order valence-corrected chi connectivity index (χ0v) is 21.5. The number of para-hydroxylation sites is 1. The van der Waals surface area contributed by atoms with E-state index < -0.39 is 12.0 Å². The highest BCUT2D eigenvalue weighted by Gasteiger charge is 2.34. The third-order valence-electron chi connectivity index (χ3n) is 6.07. The Hall–Kier alpha value is -4.44. The number of ether oxygens (including phenoxy) is 1. The van der Waals surface area contributed by atoms with Gasteiger partial charge in [0.1, 0.15) is 11.9 Å². The minimum absolute atomic E-state index is 0.289. The maximum Gasteiger partial charge on any atom is 0.337 e.